The predicted molar refractivity (Wildman–Crippen MR) is 71.2 cm³/mol. The van der Waals surface area contributed by atoms with Crippen LogP contribution in [0, 0.1) is 17.0 Å². The van der Waals surface area contributed by atoms with Crippen molar-refractivity contribution in [3.8, 4) is 0 Å². The van der Waals surface area contributed by atoms with Gasteiger partial charge in [0.1, 0.15) is 0 Å². The Morgan fingerprint density at radius 3 is 2.68 bits per heavy atom. The highest BCUT2D eigenvalue weighted by atomic mass is 16.6. The monoisotopic (exact) mass is 263 g/mol. The van der Waals surface area contributed by atoms with Gasteiger partial charge in [-0.25, -0.2) is 0 Å². The highest BCUT2D eigenvalue weighted by Gasteiger charge is 2.28. The van der Waals surface area contributed by atoms with Crippen molar-refractivity contribution in [2.24, 2.45) is 0 Å². The van der Waals surface area contributed by atoms with Crippen LogP contribution in [0.25, 0.3) is 0 Å². The standard InChI is InChI=1S/C13H17N3O3/c1-3-15(11-7-14-8-11)13(17)10-5-4-9(2)12(6-10)16(18)19/h4-6,11,14H,3,7-8H2,1-2H3. The molecule has 1 fully saturated rings. The summed E-state index contributed by atoms with van der Waals surface area (Å²) in [6, 6.07) is 4.84. The van der Waals surface area contributed by atoms with E-state index in [9.17, 15) is 14.9 Å². The molecule has 0 aliphatic carbocycles. The Hall–Kier alpha value is -1.95. The third-order valence-electron chi connectivity index (χ3n) is 3.46. The molecular weight excluding hydrogens is 246 g/mol. The Bertz CT molecular complexity index is 512. The van der Waals surface area contributed by atoms with Crippen LogP contribution in [0.2, 0.25) is 0 Å². The highest BCUT2D eigenvalue weighted by Crippen LogP contribution is 2.21. The van der Waals surface area contributed by atoms with Crippen molar-refractivity contribution in [1.82, 2.24) is 10.2 Å². The molecule has 6 nitrogen and oxygen atoms in total. The van der Waals surface area contributed by atoms with Gasteiger partial charge in [0.05, 0.1) is 11.0 Å². The summed E-state index contributed by atoms with van der Waals surface area (Å²) < 4.78 is 0. The first-order valence-electron chi connectivity index (χ1n) is 6.31. The molecule has 102 valence electrons. The van der Waals surface area contributed by atoms with Gasteiger partial charge in [0.25, 0.3) is 11.6 Å². The Morgan fingerprint density at radius 1 is 1.53 bits per heavy atom. The number of hydrogen-bond acceptors (Lipinski definition) is 4. The number of hydrogen-bond donors (Lipinski definition) is 1. The minimum atomic E-state index is -0.451. The van der Waals surface area contributed by atoms with Crippen molar-refractivity contribution in [1.29, 1.82) is 0 Å². The molecule has 1 aliphatic rings. The van der Waals surface area contributed by atoms with Gasteiger partial charge in [-0.2, -0.15) is 0 Å². The number of carbonyl (C=O) groups is 1. The van der Waals surface area contributed by atoms with E-state index in [2.05, 4.69) is 5.32 Å². The average molecular weight is 263 g/mol. The Labute approximate surface area is 111 Å². The first kappa shape index (κ1) is 13.5. The van der Waals surface area contributed by atoms with E-state index in [4.69, 9.17) is 0 Å². The summed E-state index contributed by atoms with van der Waals surface area (Å²) in [4.78, 5) is 24.6. The van der Waals surface area contributed by atoms with Gasteiger partial charge >= 0.3 is 0 Å². The second-order valence-corrected chi connectivity index (χ2v) is 4.66. The number of carbonyl (C=O) groups excluding carboxylic acids is 1. The van der Waals surface area contributed by atoms with Gasteiger partial charge in [0, 0.05) is 36.8 Å². The summed E-state index contributed by atoms with van der Waals surface area (Å²) in [5, 5.41) is 14.0. The van der Waals surface area contributed by atoms with Crippen LogP contribution in [0.3, 0.4) is 0 Å². The maximum Gasteiger partial charge on any atom is 0.273 e. The highest BCUT2D eigenvalue weighted by molar-refractivity contribution is 5.95. The number of amides is 1. The maximum absolute atomic E-state index is 12.4. The van der Waals surface area contributed by atoms with Gasteiger partial charge in [0.2, 0.25) is 0 Å². The minimum Gasteiger partial charge on any atom is -0.333 e. The van der Waals surface area contributed by atoms with Gasteiger partial charge in [-0.05, 0) is 19.9 Å². The first-order valence-corrected chi connectivity index (χ1v) is 6.31. The number of nitrogens with one attached hydrogen (secondary N) is 1. The molecule has 0 unspecified atom stereocenters. The van der Waals surface area contributed by atoms with Crippen LogP contribution in [0.15, 0.2) is 18.2 Å². The average Bonchev–Trinajstić information content (AvgIpc) is 2.32. The number of likely N-dealkylation sites (N-methyl/N-ethyl adjacent to an activating group) is 1. The van der Waals surface area contributed by atoms with Gasteiger partial charge in [-0.3, -0.25) is 14.9 Å². The Morgan fingerprint density at radius 2 is 2.21 bits per heavy atom. The Kier molecular flexibility index (Phi) is 3.80. The molecule has 1 amide bonds. The lowest BCUT2D eigenvalue weighted by molar-refractivity contribution is -0.385. The molecule has 0 bridgehead atoms. The van der Waals surface area contributed by atoms with E-state index in [1.807, 2.05) is 6.92 Å². The quantitative estimate of drug-likeness (QED) is 0.657. The zero-order valence-corrected chi connectivity index (χ0v) is 11.0. The van der Waals surface area contributed by atoms with Crippen LogP contribution >= 0.6 is 0 Å². The number of nitrogens with zero attached hydrogens (tertiary/aromatic N) is 2. The first-order chi connectivity index (χ1) is 9.04. The molecule has 1 heterocycles. The summed E-state index contributed by atoms with van der Waals surface area (Å²) in [6.45, 7) is 5.76. The fourth-order valence-electron chi connectivity index (χ4n) is 2.17. The topological polar surface area (TPSA) is 75.5 Å². The molecular formula is C13H17N3O3. The molecule has 1 aromatic carbocycles. The van der Waals surface area contributed by atoms with E-state index in [-0.39, 0.29) is 17.6 Å². The van der Waals surface area contributed by atoms with Crippen LogP contribution in [-0.4, -0.2) is 41.4 Å². The SMILES string of the molecule is CCN(C(=O)c1ccc(C)c([N+](=O)[O-])c1)C1CNC1. The molecule has 1 aliphatic heterocycles. The second-order valence-electron chi connectivity index (χ2n) is 4.66. The molecule has 2 rings (SSSR count). The molecule has 1 aromatic rings. The third-order valence-corrected chi connectivity index (χ3v) is 3.46. The molecule has 0 saturated carbocycles. The number of nitro groups is 1. The van der Waals surface area contributed by atoms with E-state index in [1.165, 1.54) is 6.07 Å². The van der Waals surface area contributed by atoms with Gasteiger partial charge < -0.3 is 10.2 Å². The normalized spacial score (nSPS) is 14.8. The summed E-state index contributed by atoms with van der Waals surface area (Å²) >= 11 is 0. The third kappa shape index (κ3) is 2.58. The summed E-state index contributed by atoms with van der Waals surface area (Å²) in [5.74, 6) is -0.142. The number of rotatable bonds is 4. The molecule has 6 heteroatoms. The van der Waals surface area contributed by atoms with E-state index in [1.54, 1.807) is 24.0 Å². The van der Waals surface area contributed by atoms with Crippen molar-refractivity contribution in [2.45, 2.75) is 19.9 Å². The summed E-state index contributed by atoms with van der Waals surface area (Å²) in [5.41, 5.74) is 0.939. The second kappa shape index (κ2) is 5.36. The molecule has 19 heavy (non-hydrogen) atoms. The predicted octanol–water partition coefficient (Wildman–Crippen LogP) is 1.34. The molecule has 0 radical (unpaired) electrons. The van der Waals surface area contributed by atoms with Gasteiger partial charge in [-0.15, -0.1) is 0 Å². The molecule has 1 N–H and O–H groups in total. The number of nitro benzene ring substituents is 1. The van der Waals surface area contributed by atoms with Gasteiger partial charge in [-0.1, -0.05) is 6.07 Å². The summed E-state index contributed by atoms with van der Waals surface area (Å²) in [7, 11) is 0. The van der Waals surface area contributed by atoms with E-state index >= 15 is 0 Å². The van der Waals surface area contributed by atoms with Crippen molar-refractivity contribution in [3.63, 3.8) is 0 Å². The van der Waals surface area contributed by atoms with Crippen LogP contribution in [0.4, 0.5) is 5.69 Å². The van der Waals surface area contributed by atoms with Crippen molar-refractivity contribution < 1.29 is 9.72 Å². The van der Waals surface area contributed by atoms with E-state index in [0.717, 1.165) is 13.1 Å². The van der Waals surface area contributed by atoms with Crippen LogP contribution in [-0.2, 0) is 0 Å². The van der Waals surface area contributed by atoms with Crippen LogP contribution in [0.5, 0.6) is 0 Å². The lowest BCUT2D eigenvalue weighted by Crippen LogP contribution is -2.58. The van der Waals surface area contributed by atoms with E-state index < -0.39 is 4.92 Å². The molecule has 0 spiro atoms. The molecule has 0 aromatic heterocycles. The van der Waals surface area contributed by atoms with Crippen molar-refractivity contribution in [2.75, 3.05) is 19.6 Å². The van der Waals surface area contributed by atoms with Gasteiger partial charge in [0.15, 0.2) is 0 Å². The molecule has 0 atom stereocenters. The largest absolute Gasteiger partial charge is 0.333 e. The van der Waals surface area contributed by atoms with Crippen LogP contribution in [0.1, 0.15) is 22.8 Å². The number of benzene rings is 1. The smallest absolute Gasteiger partial charge is 0.273 e. The van der Waals surface area contributed by atoms with Crippen molar-refractivity contribution in [3.05, 3.63) is 39.4 Å². The lowest BCUT2D eigenvalue weighted by atomic mass is 10.1. The van der Waals surface area contributed by atoms with Crippen molar-refractivity contribution >= 4 is 11.6 Å². The fraction of sp³-hybridized carbons (Fsp3) is 0.462. The number of aryl methyl sites for hydroxylation is 1. The maximum atomic E-state index is 12.4. The molecule has 1 saturated heterocycles. The zero-order valence-electron chi connectivity index (χ0n) is 11.0. The summed E-state index contributed by atoms with van der Waals surface area (Å²) in [6.07, 6.45) is 0. The van der Waals surface area contributed by atoms with Crippen LogP contribution < -0.4 is 5.32 Å². The lowest BCUT2D eigenvalue weighted by Gasteiger charge is -2.37. The van der Waals surface area contributed by atoms with E-state index in [0.29, 0.717) is 17.7 Å². The fourth-order valence-corrected chi connectivity index (χ4v) is 2.17. The minimum absolute atomic E-state index is 0.00589. The zero-order chi connectivity index (χ0) is 14.0. The Balaban J connectivity index is 2.27.